The van der Waals surface area contributed by atoms with Crippen molar-refractivity contribution in [2.45, 2.75) is 42.1 Å². The van der Waals surface area contributed by atoms with Gasteiger partial charge in [0.05, 0.1) is 16.4 Å². The van der Waals surface area contributed by atoms with Crippen LogP contribution in [0, 0.1) is 0 Å². The minimum atomic E-state index is -3.21. The second-order valence-electron chi connectivity index (χ2n) is 6.63. The molecule has 23 heavy (non-hydrogen) atoms. The van der Waals surface area contributed by atoms with Crippen LogP contribution in [0.5, 0.6) is 0 Å². The number of benzene rings is 1. The predicted molar refractivity (Wildman–Crippen MR) is 87.1 cm³/mol. The normalized spacial score (nSPS) is 23.6. The van der Waals surface area contributed by atoms with E-state index in [4.69, 9.17) is 4.74 Å². The Balaban J connectivity index is 1.85. The van der Waals surface area contributed by atoms with Crippen LogP contribution in [0.1, 0.15) is 31.2 Å². The Hall–Kier alpha value is -1.40. The van der Waals surface area contributed by atoms with Crippen LogP contribution in [0.4, 0.5) is 0 Å². The highest BCUT2D eigenvalue weighted by Crippen LogP contribution is 2.45. The summed E-state index contributed by atoms with van der Waals surface area (Å²) in [5.41, 5.74) is 0.459. The van der Waals surface area contributed by atoms with Crippen molar-refractivity contribution in [2.24, 2.45) is 0 Å². The van der Waals surface area contributed by atoms with E-state index in [-0.39, 0.29) is 12.0 Å². The molecule has 5 nitrogen and oxygen atoms in total. The first kappa shape index (κ1) is 16.5. The molecule has 1 amide bonds. The van der Waals surface area contributed by atoms with Gasteiger partial charge < -0.3 is 9.64 Å². The second-order valence-corrected chi connectivity index (χ2v) is 8.65. The fourth-order valence-corrected chi connectivity index (χ4v) is 4.22. The first-order valence-electron chi connectivity index (χ1n) is 7.99. The molecule has 6 heteroatoms. The van der Waals surface area contributed by atoms with Crippen molar-refractivity contribution < 1.29 is 17.9 Å². The van der Waals surface area contributed by atoms with Gasteiger partial charge in [-0.1, -0.05) is 18.6 Å². The molecule has 1 aromatic carbocycles. The zero-order valence-electron chi connectivity index (χ0n) is 13.6. The number of amides is 1. The summed E-state index contributed by atoms with van der Waals surface area (Å²) in [7, 11) is -1.53. The Kier molecular flexibility index (Phi) is 4.23. The van der Waals surface area contributed by atoms with Crippen LogP contribution < -0.4 is 0 Å². The lowest BCUT2D eigenvalue weighted by molar-refractivity contribution is -0.140. The molecule has 1 aromatic rings. The Bertz CT molecular complexity index is 692. The van der Waals surface area contributed by atoms with E-state index in [1.165, 1.54) is 6.26 Å². The minimum absolute atomic E-state index is 0.128. The molecule has 2 fully saturated rings. The maximum atomic E-state index is 13.0. The summed E-state index contributed by atoms with van der Waals surface area (Å²) in [5.74, 6) is 0.162. The lowest BCUT2D eigenvalue weighted by Crippen LogP contribution is -2.50. The van der Waals surface area contributed by atoms with Crippen LogP contribution in [0.25, 0.3) is 0 Å². The van der Waals surface area contributed by atoms with E-state index < -0.39 is 15.3 Å². The third-order valence-electron chi connectivity index (χ3n) is 5.22. The monoisotopic (exact) mass is 337 g/mol. The highest BCUT2D eigenvalue weighted by Gasteiger charge is 2.48. The number of hydrogen-bond acceptors (Lipinski definition) is 4. The van der Waals surface area contributed by atoms with Crippen molar-refractivity contribution in [1.82, 2.24) is 4.90 Å². The van der Waals surface area contributed by atoms with E-state index in [0.29, 0.717) is 11.4 Å². The predicted octanol–water partition coefficient (Wildman–Crippen LogP) is 1.76. The van der Waals surface area contributed by atoms with E-state index in [0.717, 1.165) is 37.8 Å². The standard InChI is InChI=1S/C17H23NO4S/c1-22-14-8-11-18(12-14)16(19)17(9-3-10-17)13-4-6-15(7-5-13)23(2,20)21/h4-7,14H,3,8-12H2,1-2H3/t14-/m0/s1. The topological polar surface area (TPSA) is 63.7 Å². The van der Waals surface area contributed by atoms with Gasteiger partial charge in [-0.15, -0.1) is 0 Å². The summed E-state index contributed by atoms with van der Waals surface area (Å²) in [6, 6.07) is 6.83. The third kappa shape index (κ3) is 2.90. The van der Waals surface area contributed by atoms with E-state index in [1.807, 2.05) is 4.90 Å². The van der Waals surface area contributed by atoms with Crippen molar-refractivity contribution in [2.75, 3.05) is 26.5 Å². The van der Waals surface area contributed by atoms with E-state index in [2.05, 4.69) is 0 Å². The summed E-state index contributed by atoms with van der Waals surface area (Å²) in [6.07, 6.45) is 4.90. The summed E-state index contributed by atoms with van der Waals surface area (Å²) < 4.78 is 28.6. The van der Waals surface area contributed by atoms with Crippen molar-refractivity contribution >= 4 is 15.7 Å². The van der Waals surface area contributed by atoms with Crippen molar-refractivity contribution in [1.29, 1.82) is 0 Å². The largest absolute Gasteiger partial charge is 0.380 e. The molecule has 0 N–H and O–H groups in total. The quantitative estimate of drug-likeness (QED) is 0.840. The number of rotatable bonds is 4. The molecule has 0 unspecified atom stereocenters. The zero-order valence-corrected chi connectivity index (χ0v) is 14.4. The lowest BCUT2D eigenvalue weighted by Gasteiger charge is -2.43. The molecule has 2 aliphatic rings. The summed E-state index contributed by atoms with van der Waals surface area (Å²) in [5, 5.41) is 0. The molecule has 0 bridgehead atoms. The molecule has 126 valence electrons. The van der Waals surface area contributed by atoms with Crippen molar-refractivity contribution in [3.63, 3.8) is 0 Å². The van der Waals surface area contributed by atoms with E-state index in [9.17, 15) is 13.2 Å². The summed E-state index contributed by atoms with van der Waals surface area (Å²) in [4.78, 5) is 15.2. The zero-order chi connectivity index (χ0) is 16.7. The maximum Gasteiger partial charge on any atom is 0.233 e. The number of carbonyl (C=O) groups excluding carboxylic acids is 1. The van der Waals surface area contributed by atoms with Crippen LogP contribution in [0.2, 0.25) is 0 Å². The molecule has 1 heterocycles. The van der Waals surface area contributed by atoms with Crippen LogP contribution in [-0.4, -0.2) is 51.8 Å². The Morgan fingerprint density at radius 3 is 2.35 bits per heavy atom. The summed E-state index contributed by atoms with van der Waals surface area (Å²) in [6.45, 7) is 1.39. The van der Waals surface area contributed by atoms with Crippen LogP contribution >= 0.6 is 0 Å². The van der Waals surface area contributed by atoms with Gasteiger partial charge in [0, 0.05) is 26.5 Å². The van der Waals surface area contributed by atoms with Crippen molar-refractivity contribution in [3.8, 4) is 0 Å². The smallest absolute Gasteiger partial charge is 0.233 e. The highest BCUT2D eigenvalue weighted by molar-refractivity contribution is 7.90. The van der Waals surface area contributed by atoms with Crippen LogP contribution in [0.3, 0.4) is 0 Å². The first-order valence-corrected chi connectivity index (χ1v) is 9.89. The number of ether oxygens (including phenoxy) is 1. The molecule has 1 aliphatic carbocycles. The Labute approximate surface area is 137 Å². The molecule has 0 radical (unpaired) electrons. The number of sulfone groups is 1. The fourth-order valence-electron chi connectivity index (χ4n) is 3.59. The van der Waals surface area contributed by atoms with Gasteiger partial charge >= 0.3 is 0 Å². The van der Waals surface area contributed by atoms with Gasteiger partial charge in [0.25, 0.3) is 0 Å². The van der Waals surface area contributed by atoms with Gasteiger partial charge in [-0.3, -0.25) is 4.79 Å². The molecular weight excluding hydrogens is 314 g/mol. The van der Waals surface area contributed by atoms with Gasteiger partial charge in [0.1, 0.15) is 0 Å². The minimum Gasteiger partial charge on any atom is -0.380 e. The molecule has 1 atom stereocenters. The molecular formula is C17H23NO4S. The third-order valence-corrected chi connectivity index (χ3v) is 6.35. The number of hydrogen-bond donors (Lipinski definition) is 0. The average Bonchev–Trinajstić information content (AvgIpc) is 2.94. The fraction of sp³-hybridized carbons (Fsp3) is 0.588. The van der Waals surface area contributed by atoms with E-state index >= 15 is 0 Å². The SMILES string of the molecule is CO[C@H]1CCN(C(=O)C2(c3ccc(S(C)(=O)=O)cc3)CCC2)C1. The molecule has 1 saturated carbocycles. The van der Waals surface area contributed by atoms with Gasteiger partial charge in [0.2, 0.25) is 5.91 Å². The Morgan fingerprint density at radius 2 is 1.91 bits per heavy atom. The maximum absolute atomic E-state index is 13.0. The number of methoxy groups -OCH3 is 1. The molecule has 1 aliphatic heterocycles. The highest BCUT2D eigenvalue weighted by atomic mass is 32.2. The number of nitrogens with zero attached hydrogens (tertiary/aromatic N) is 1. The van der Waals surface area contributed by atoms with Crippen LogP contribution in [-0.2, 0) is 24.8 Å². The number of likely N-dealkylation sites (tertiary alicyclic amines) is 1. The average molecular weight is 337 g/mol. The lowest BCUT2D eigenvalue weighted by atomic mass is 9.63. The van der Waals surface area contributed by atoms with Crippen molar-refractivity contribution in [3.05, 3.63) is 29.8 Å². The van der Waals surface area contributed by atoms with Crippen LogP contribution in [0.15, 0.2) is 29.2 Å². The van der Waals surface area contributed by atoms with Gasteiger partial charge in [0.15, 0.2) is 9.84 Å². The second kappa shape index (κ2) is 5.91. The van der Waals surface area contributed by atoms with E-state index in [1.54, 1.807) is 31.4 Å². The molecule has 0 spiro atoms. The molecule has 1 saturated heterocycles. The Morgan fingerprint density at radius 1 is 1.26 bits per heavy atom. The molecule has 0 aromatic heterocycles. The van der Waals surface area contributed by atoms with Gasteiger partial charge in [-0.05, 0) is 37.0 Å². The van der Waals surface area contributed by atoms with Gasteiger partial charge in [-0.2, -0.15) is 0 Å². The number of carbonyl (C=O) groups is 1. The summed E-state index contributed by atoms with van der Waals surface area (Å²) >= 11 is 0. The molecule has 3 rings (SSSR count). The first-order chi connectivity index (χ1) is 10.9. The van der Waals surface area contributed by atoms with Gasteiger partial charge in [-0.25, -0.2) is 8.42 Å².